The van der Waals surface area contributed by atoms with E-state index in [-0.39, 0.29) is 5.91 Å². The second kappa shape index (κ2) is 5.59. The third-order valence-electron chi connectivity index (χ3n) is 4.52. The minimum absolute atomic E-state index is 0.130. The molecule has 21 heavy (non-hydrogen) atoms. The van der Waals surface area contributed by atoms with Crippen LogP contribution in [-0.4, -0.2) is 44.0 Å². The zero-order valence-corrected chi connectivity index (χ0v) is 14.0. The quantitative estimate of drug-likeness (QED) is 0.853. The maximum absolute atomic E-state index is 11.7. The molecule has 114 valence electrons. The van der Waals surface area contributed by atoms with Crippen LogP contribution in [0.25, 0.3) is 0 Å². The summed E-state index contributed by atoms with van der Waals surface area (Å²) in [4.78, 5) is 16.4. The Morgan fingerprint density at radius 1 is 1.48 bits per heavy atom. The molecule has 6 heteroatoms. The summed E-state index contributed by atoms with van der Waals surface area (Å²) in [6.45, 7) is 2.23. The van der Waals surface area contributed by atoms with Crippen LogP contribution in [0.5, 0.6) is 0 Å². The molecule has 2 heterocycles. The Morgan fingerprint density at radius 3 is 2.95 bits per heavy atom. The Bertz CT molecular complexity index is 577. The number of carbonyl (C=O) groups is 1. The highest BCUT2D eigenvalue weighted by atomic mass is 79.9. The average molecular weight is 353 g/mol. The van der Waals surface area contributed by atoms with Crippen molar-refractivity contribution in [1.29, 1.82) is 0 Å². The molecular formula is C15H21BrN4O. The molecule has 0 aromatic heterocycles. The monoisotopic (exact) mass is 352 g/mol. The Hall–Kier alpha value is -1.11. The molecule has 2 unspecified atom stereocenters. The highest BCUT2D eigenvalue weighted by Gasteiger charge is 2.30. The van der Waals surface area contributed by atoms with Crippen molar-refractivity contribution in [3.63, 3.8) is 0 Å². The standard InChI is InChI=1S/C15H21BrN4O/c1-19-5-3-4-9(8-19)20(2)13-7-12-10(6-11(13)16)14(17)15(21)18-12/h6-7,9,14H,3-5,8,17H2,1-2H3,(H,18,21). The van der Waals surface area contributed by atoms with Crippen LogP contribution in [-0.2, 0) is 4.79 Å². The minimum Gasteiger partial charge on any atom is -0.369 e. The lowest BCUT2D eigenvalue weighted by Gasteiger charge is -2.37. The Balaban J connectivity index is 1.89. The number of amides is 1. The van der Waals surface area contributed by atoms with E-state index in [0.29, 0.717) is 6.04 Å². The van der Waals surface area contributed by atoms with Gasteiger partial charge >= 0.3 is 0 Å². The topological polar surface area (TPSA) is 61.6 Å². The van der Waals surface area contributed by atoms with Gasteiger partial charge in [0.05, 0.1) is 5.69 Å². The molecule has 3 N–H and O–H groups in total. The van der Waals surface area contributed by atoms with E-state index in [4.69, 9.17) is 5.73 Å². The molecule has 1 aromatic rings. The number of nitrogens with one attached hydrogen (secondary N) is 1. The van der Waals surface area contributed by atoms with Gasteiger partial charge in [-0.15, -0.1) is 0 Å². The van der Waals surface area contributed by atoms with Crippen molar-refractivity contribution in [3.8, 4) is 0 Å². The maximum Gasteiger partial charge on any atom is 0.245 e. The third-order valence-corrected chi connectivity index (χ3v) is 5.16. The number of rotatable bonds is 2. The largest absolute Gasteiger partial charge is 0.369 e. The molecule has 0 spiro atoms. The van der Waals surface area contributed by atoms with Crippen molar-refractivity contribution >= 4 is 33.2 Å². The number of nitrogens with two attached hydrogens (primary N) is 1. The Labute approximate surface area is 133 Å². The highest BCUT2D eigenvalue weighted by Crippen LogP contribution is 2.39. The van der Waals surface area contributed by atoms with Gasteiger partial charge < -0.3 is 20.9 Å². The number of nitrogens with zero attached hydrogens (tertiary/aromatic N) is 2. The fraction of sp³-hybridized carbons (Fsp3) is 0.533. The summed E-state index contributed by atoms with van der Waals surface area (Å²) in [6.07, 6.45) is 2.41. The molecule has 1 aromatic carbocycles. The van der Waals surface area contributed by atoms with Crippen LogP contribution < -0.4 is 16.0 Å². The predicted octanol–water partition coefficient (Wildman–Crippen LogP) is 1.93. The Morgan fingerprint density at radius 2 is 2.24 bits per heavy atom. The lowest BCUT2D eigenvalue weighted by Crippen LogP contribution is -2.45. The van der Waals surface area contributed by atoms with Gasteiger partial charge in [0, 0.05) is 35.4 Å². The van der Waals surface area contributed by atoms with Crippen molar-refractivity contribution in [2.24, 2.45) is 5.73 Å². The first-order chi connectivity index (χ1) is 9.97. The maximum atomic E-state index is 11.7. The Kier molecular flexibility index (Phi) is 3.94. The van der Waals surface area contributed by atoms with Crippen LogP contribution in [0.3, 0.4) is 0 Å². The van der Waals surface area contributed by atoms with Crippen molar-refractivity contribution in [3.05, 3.63) is 22.2 Å². The van der Waals surface area contributed by atoms with Gasteiger partial charge in [-0.05, 0) is 54.5 Å². The van der Waals surface area contributed by atoms with Crippen LogP contribution >= 0.6 is 15.9 Å². The van der Waals surface area contributed by atoms with Gasteiger partial charge in [0.15, 0.2) is 0 Å². The second-order valence-corrected chi connectivity index (χ2v) is 6.88. The van der Waals surface area contributed by atoms with Crippen molar-refractivity contribution < 1.29 is 4.79 Å². The number of hydrogen-bond donors (Lipinski definition) is 2. The summed E-state index contributed by atoms with van der Waals surface area (Å²) in [7, 11) is 4.28. The smallest absolute Gasteiger partial charge is 0.245 e. The number of hydrogen-bond acceptors (Lipinski definition) is 4. The SMILES string of the molecule is CN1CCCC(N(C)c2cc3c(cc2Br)C(N)C(=O)N3)C1. The summed E-state index contributed by atoms with van der Waals surface area (Å²) >= 11 is 3.63. The van der Waals surface area contributed by atoms with E-state index < -0.39 is 6.04 Å². The summed E-state index contributed by atoms with van der Waals surface area (Å²) in [6, 6.07) is 3.93. The molecule has 2 atom stereocenters. The molecule has 1 amide bonds. The van der Waals surface area contributed by atoms with Crippen molar-refractivity contribution in [2.45, 2.75) is 24.9 Å². The van der Waals surface area contributed by atoms with Gasteiger partial charge in [-0.3, -0.25) is 4.79 Å². The fourth-order valence-corrected chi connectivity index (χ4v) is 3.86. The fourth-order valence-electron chi connectivity index (χ4n) is 3.22. The first-order valence-corrected chi connectivity index (χ1v) is 8.08. The van der Waals surface area contributed by atoms with E-state index in [0.717, 1.165) is 28.0 Å². The van der Waals surface area contributed by atoms with Crippen LogP contribution in [0.15, 0.2) is 16.6 Å². The summed E-state index contributed by atoms with van der Waals surface area (Å²) in [5.41, 5.74) is 8.69. The van der Waals surface area contributed by atoms with E-state index in [2.05, 4.69) is 45.1 Å². The van der Waals surface area contributed by atoms with Gasteiger partial charge in [0.1, 0.15) is 6.04 Å². The predicted molar refractivity (Wildman–Crippen MR) is 88.6 cm³/mol. The summed E-state index contributed by atoms with van der Waals surface area (Å²) < 4.78 is 0.990. The van der Waals surface area contributed by atoms with Gasteiger partial charge in [0.25, 0.3) is 0 Å². The zero-order chi connectivity index (χ0) is 15.1. The van der Waals surface area contributed by atoms with E-state index in [1.54, 1.807) is 0 Å². The number of benzene rings is 1. The van der Waals surface area contributed by atoms with Gasteiger partial charge in [0.2, 0.25) is 5.91 Å². The normalized spacial score (nSPS) is 25.6. The van der Waals surface area contributed by atoms with Crippen LogP contribution in [0.2, 0.25) is 0 Å². The molecule has 0 aliphatic carbocycles. The van der Waals surface area contributed by atoms with Crippen molar-refractivity contribution in [1.82, 2.24) is 4.90 Å². The number of piperidine rings is 1. The zero-order valence-electron chi connectivity index (χ0n) is 12.4. The molecular weight excluding hydrogens is 332 g/mol. The van der Waals surface area contributed by atoms with Gasteiger partial charge in [-0.25, -0.2) is 0 Å². The van der Waals surface area contributed by atoms with E-state index in [9.17, 15) is 4.79 Å². The molecule has 0 saturated carbocycles. The highest BCUT2D eigenvalue weighted by molar-refractivity contribution is 9.10. The number of likely N-dealkylation sites (tertiary alicyclic amines) is 1. The van der Waals surface area contributed by atoms with Crippen LogP contribution in [0.4, 0.5) is 11.4 Å². The summed E-state index contributed by atoms with van der Waals surface area (Å²) in [5.74, 6) is -0.130. The minimum atomic E-state index is -0.559. The molecule has 1 fully saturated rings. The molecule has 2 aliphatic rings. The third kappa shape index (κ3) is 2.67. The second-order valence-electron chi connectivity index (χ2n) is 6.03. The van der Waals surface area contributed by atoms with Crippen LogP contribution in [0.1, 0.15) is 24.4 Å². The number of likely N-dealkylation sites (N-methyl/N-ethyl adjacent to an activating group) is 2. The van der Waals surface area contributed by atoms with E-state index >= 15 is 0 Å². The molecule has 3 rings (SSSR count). The molecule has 0 bridgehead atoms. The number of carbonyl (C=O) groups excluding carboxylic acids is 1. The van der Waals surface area contributed by atoms with E-state index in [1.807, 2.05) is 12.1 Å². The summed E-state index contributed by atoms with van der Waals surface area (Å²) in [5, 5.41) is 2.86. The first-order valence-electron chi connectivity index (χ1n) is 7.28. The van der Waals surface area contributed by atoms with Gasteiger partial charge in [-0.1, -0.05) is 0 Å². The van der Waals surface area contributed by atoms with Crippen molar-refractivity contribution in [2.75, 3.05) is 37.4 Å². The number of anilines is 2. The van der Waals surface area contributed by atoms with E-state index in [1.165, 1.54) is 19.4 Å². The molecule has 5 nitrogen and oxygen atoms in total. The average Bonchev–Trinajstić information content (AvgIpc) is 2.73. The first kappa shape index (κ1) is 14.8. The lowest BCUT2D eigenvalue weighted by molar-refractivity contribution is -0.116. The molecule has 0 radical (unpaired) electrons. The van der Waals surface area contributed by atoms with Gasteiger partial charge in [-0.2, -0.15) is 0 Å². The lowest BCUT2D eigenvalue weighted by atomic mass is 10.0. The molecule has 1 saturated heterocycles. The van der Waals surface area contributed by atoms with Crippen LogP contribution in [0, 0.1) is 0 Å². The number of halogens is 1. The number of fused-ring (bicyclic) bond motifs is 1. The molecule has 2 aliphatic heterocycles.